The molecule has 3 unspecified atom stereocenters. The van der Waals surface area contributed by atoms with Crippen molar-refractivity contribution in [1.82, 2.24) is 19.7 Å². The van der Waals surface area contributed by atoms with Gasteiger partial charge in [-0.1, -0.05) is 41.9 Å². The molecule has 0 aliphatic carbocycles. The number of hydrogen-bond acceptors (Lipinski definition) is 9. The van der Waals surface area contributed by atoms with Crippen molar-refractivity contribution >= 4 is 33.2 Å². The monoisotopic (exact) mass is 513 g/mol. The number of hydrogen-bond donors (Lipinski definition) is 2. The molecule has 9 nitrogen and oxygen atoms in total. The number of fused-ring (bicyclic) bond motifs is 2. The van der Waals surface area contributed by atoms with E-state index < -0.39 is 36.7 Å². The standard InChI is InChI=1S/C24H24ClN5O4S/c1-11-27-23(30(29-11)14-8-15(25)19-17(9-14)35-12(2)28-19)22-20(31)18(26)21-16(33-22)10-32-24(34-21)13-6-4-3-5-7-13/h3-9,16,18,20-22,24,31H,10,26H2,1-2H3/t16?,18-,20?,21+,22-,24?/m1/s1. The summed E-state index contributed by atoms with van der Waals surface area (Å²) in [4.78, 5) is 9.08. The highest BCUT2D eigenvalue weighted by atomic mass is 35.5. The van der Waals surface area contributed by atoms with E-state index in [0.717, 1.165) is 20.8 Å². The van der Waals surface area contributed by atoms with E-state index in [4.69, 9.17) is 31.5 Å². The lowest BCUT2D eigenvalue weighted by molar-refractivity contribution is -0.309. The van der Waals surface area contributed by atoms with Crippen molar-refractivity contribution in [3.63, 3.8) is 0 Å². The molecule has 2 aliphatic heterocycles. The van der Waals surface area contributed by atoms with Gasteiger partial charge < -0.3 is 25.1 Å². The first-order valence-electron chi connectivity index (χ1n) is 11.3. The van der Waals surface area contributed by atoms with Crippen LogP contribution in [-0.4, -0.2) is 55.8 Å². The lowest BCUT2D eigenvalue weighted by atomic mass is 9.92. The molecule has 0 spiro atoms. The summed E-state index contributed by atoms with van der Waals surface area (Å²) in [5.41, 5.74) is 8.84. The Labute approximate surface area is 210 Å². The van der Waals surface area contributed by atoms with Crippen LogP contribution in [0, 0.1) is 13.8 Å². The second-order valence-corrected chi connectivity index (χ2v) is 10.4. The molecule has 35 heavy (non-hydrogen) atoms. The highest BCUT2D eigenvalue weighted by molar-refractivity contribution is 7.18. The predicted octanol–water partition coefficient (Wildman–Crippen LogP) is 3.39. The molecule has 4 heterocycles. The Morgan fingerprint density at radius 3 is 2.74 bits per heavy atom. The van der Waals surface area contributed by atoms with Gasteiger partial charge in [-0.3, -0.25) is 0 Å². The minimum atomic E-state index is -1.07. The predicted molar refractivity (Wildman–Crippen MR) is 131 cm³/mol. The number of nitrogens with two attached hydrogens (primary N) is 1. The summed E-state index contributed by atoms with van der Waals surface area (Å²) in [7, 11) is 0. The number of rotatable bonds is 3. The number of aliphatic hydroxyl groups is 1. The summed E-state index contributed by atoms with van der Waals surface area (Å²) in [6.45, 7) is 3.99. The molecule has 4 aromatic rings. The van der Waals surface area contributed by atoms with Crippen molar-refractivity contribution in [2.75, 3.05) is 6.61 Å². The molecule has 0 amide bonds. The van der Waals surface area contributed by atoms with Crippen LogP contribution < -0.4 is 5.73 Å². The number of ether oxygens (including phenoxy) is 3. The van der Waals surface area contributed by atoms with Gasteiger partial charge in [-0.15, -0.1) is 11.3 Å². The average molecular weight is 514 g/mol. The van der Waals surface area contributed by atoms with Crippen LogP contribution in [0.15, 0.2) is 42.5 Å². The molecule has 11 heteroatoms. The van der Waals surface area contributed by atoms with Gasteiger partial charge in [0, 0.05) is 5.56 Å². The lowest BCUT2D eigenvalue weighted by Crippen LogP contribution is -2.62. The van der Waals surface area contributed by atoms with Crippen LogP contribution >= 0.6 is 22.9 Å². The van der Waals surface area contributed by atoms with E-state index in [2.05, 4.69) is 15.1 Å². The number of halogens is 1. The van der Waals surface area contributed by atoms with Gasteiger partial charge in [0.15, 0.2) is 12.1 Å². The Hall–Kier alpha value is -2.44. The Bertz CT molecular complexity index is 1380. The molecule has 6 atom stereocenters. The molecule has 0 saturated carbocycles. The summed E-state index contributed by atoms with van der Waals surface area (Å²) in [5, 5.41) is 17.2. The number of aliphatic hydroxyl groups excluding tert-OH is 1. The van der Waals surface area contributed by atoms with E-state index in [9.17, 15) is 5.11 Å². The van der Waals surface area contributed by atoms with E-state index in [0.29, 0.717) is 22.4 Å². The molecular weight excluding hydrogens is 490 g/mol. The largest absolute Gasteiger partial charge is 0.388 e. The molecule has 2 saturated heterocycles. The van der Waals surface area contributed by atoms with Crippen molar-refractivity contribution in [2.45, 2.75) is 50.6 Å². The number of aromatic nitrogens is 4. The maximum absolute atomic E-state index is 11.2. The molecule has 6 rings (SSSR count). The zero-order valence-electron chi connectivity index (χ0n) is 19.0. The highest BCUT2D eigenvalue weighted by Gasteiger charge is 2.49. The van der Waals surface area contributed by atoms with E-state index in [1.165, 1.54) is 0 Å². The summed E-state index contributed by atoms with van der Waals surface area (Å²) in [6.07, 6.45) is -3.48. The molecule has 0 radical (unpaired) electrons. The zero-order valence-corrected chi connectivity index (χ0v) is 20.6. The van der Waals surface area contributed by atoms with Gasteiger partial charge in [-0.2, -0.15) is 5.10 Å². The molecule has 0 bridgehead atoms. The van der Waals surface area contributed by atoms with E-state index in [1.54, 1.807) is 29.0 Å². The smallest absolute Gasteiger partial charge is 0.184 e. The summed E-state index contributed by atoms with van der Waals surface area (Å²) >= 11 is 8.07. The van der Waals surface area contributed by atoms with Crippen molar-refractivity contribution in [3.8, 4) is 5.69 Å². The summed E-state index contributed by atoms with van der Waals surface area (Å²) in [5.74, 6) is 0.967. The van der Waals surface area contributed by atoms with Gasteiger partial charge >= 0.3 is 0 Å². The fraction of sp³-hybridized carbons (Fsp3) is 0.375. The molecule has 2 aromatic heterocycles. The number of benzene rings is 2. The van der Waals surface area contributed by atoms with Gasteiger partial charge in [-0.05, 0) is 26.0 Å². The first kappa shape index (κ1) is 23.0. The van der Waals surface area contributed by atoms with Gasteiger partial charge in [0.2, 0.25) is 0 Å². The van der Waals surface area contributed by atoms with Crippen LogP contribution in [0.2, 0.25) is 5.02 Å². The second-order valence-electron chi connectivity index (χ2n) is 8.78. The van der Waals surface area contributed by atoms with E-state index >= 15 is 0 Å². The third-order valence-electron chi connectivity index (χ3n) is 6.31. The van der Waals surface area contributed by atoms with E-state index in [-0.39, 0.29) is 6.61 Å². The van der Waals surface area contributed by atoms with Gasteiger partial charge in [0.05, 0.1) is 33.1 Å². The second kappa shape index (κ2) is 8.90. The van der Waals surface area contributed by atoms with Crippen LogP contribution in [0.1, 0.15) is 34.6 Å². The fourth-order valence-electron chi connectivity index (χ4n) is 4.68. The minimum Gasteiger partial charge on any atom is -0.388 e. The third-order valence-corrected chi connectivity index (χ3v) is 7.52. The van der Waals surface area contributed by atoms with Crippen molar-refractivity contribution < 1.29 is 19.3 Å². The number of nitrogens with zero attached hydrogens (tertiary/aromatic N) is 4. The quantitative estimate of drug-likeness (QED) is 0.428. The van der Waals surface area contributed by atoms with Gasteiger partial charge in [0.25, 0.3) is 0 Å². The maximum atomic E-state index is 11.2. The Balaban J connectivity index is 1.31. The molecular formula is C24H24ClN5O4S. The molecule has 2 fully saturated rings. The van der Waals surface area contributed by atoms with Crippen LogP contribution in [0.3, 0.4) is 0 Å². The molecule has 2 aromatic carbocycles. The average Bonchev–Trinajstić information content (AvgIpc) is 3.43. The topological polar surface area (TPSA) is 118 Å². The van der Waals surface area contributed by atoms with Crippen LogP contribution in [0.5, 0.6) is 0 Å². The Kier molecular flexibility index (Phi) is 5.84. The zero-order chi connectivity index (χ0) is 24.3. The van der Waals surface area contributed by atoms with Crippen molar-refractivity contribution in [2.24, 2.45) is 5.73 Å². The van der Waals surface area contributed by atoms with Crippen LogP contribution in [-0.2, 0) is 14.2 Å². The van der Waals surface area contributed by atoms with Gasteiger partial charge in [-0.25, -0.2) is 14.6 Å². The lowest BCUT2D eigenvalue weighted by Gasteiger charge is -2.46. The summed E-state index contributed by atoms with van der Waals surface area (Å²) < 4.78 is 20.9. The minimum absolute atomic E-state index is 0.270. The maximum Gasteiger partial charge on any atom is 0.184 e. The van der Waals surface area contributed by atoms with Crippen molar-refractivity contribution in [1.29, 1.82) is 0 Å². The SMILES string of the molecule is Cc1nc([C@@H]2OC3COC(c4ccccc4)O[C@@H]3[C@H](N)C2O)n(-c2cc(Cl)c3nc(C)sc3c2)n1. The fourth-order valence-corrected chi connectivity index (χ4v) is 5.88. The normalized spacial score (nSPS) is 28.8. The van der Waals surface area contributed by atoms with E-state index in [1.807, 2.05) is 43.3 Å². The first-order valence-corrected chi connectivity index (χ1v) is 12.5. The first-order chi connectivity index (χ1) is 16.9. The summed E-state index contributed by atoms with van der Waals surface area (Å²) in [6, 6.07) is 12.7. The highest BCUT2D eigenvalue weighted by Crippen LogP contribution is 2.39. The molecule has 3 N–H and O–H groups in total. The van der Waals surface area contributed by atoms with Crippen LogP contribution in [0.25, 0.3) is 15.9 Å². The number of thiazole rings is 1. The van der Waals surface area contributed by atoms with Crippen LogP contribution in [0.4, 0.5) is 0 Å². The number of aryl methyl sites for hydroxylation is 2. The Morgan fingerprint density at radius 2 is 1.94 bits per heavy atom. The van der Waals surface area contributed by atoms with Gasteiger partial charge in [0.1, 0.15) is 35.8 Å². The third kappa shape index (κ3) is 4.05. The molecule has 2 aliphatic rings. The van der Waals surface area contributed by atoms with Crippen molar-refractivity contribution in [3.05, 3.63) is 69.7 Å². The Morgan fingerprint density at radius 1 is 1.14 bits per heavy atom. The molecule has 182 valence electrons.